The van der Waals surface area contributed by atoms with Crippen molar-refractivity contribution in [1.29, 1.82) is 0 Å². The highest BCUT2D eigenvalue weighted by atomic mass is 32.2. The van der Waals surface area contributed by atoms with Gasteiger partial charge in [-0.05, 0) is 63.4 Å². The fourth-order valence-electron chi connectivity index (χ4n) is 4.25. The molecule has 206 valence electrons. The van der Waals surface area contributed by atoms with Gasteiger partial charge in [0.1, 0.15) is 0 Å². The van der Waals surface area contributed by atoms with Crippen molar-refractivity contribution in [3.63, 3.8) is 0 Å². The third-order valence-corrected chi connectivity index (χ3v) is 7.49. The Morgan fingerprint density at radius 1 is 0.600 bits per heavy atom. The molecule has 0 amide bonds. The molecule has 0 aliphatic carbocycles. The molecule has 0 saturated heterocycles. The van der Waals surface area contributed by atoms with Gasteiger partial charge in [-0.1, -0.05) is 123 Å². The summed E-state index contributed by atoms with van der Waals surface area (Å²) >= 11 is 0. The molecule has 4 nitrogen and oxygen atoms in total. The molecular weight excluding hydrogens is 454 g/mol. The highest BCUT2D eigenvalue weighted by Crippen LogP contribution is 2.18. The lowest BCUT2D eigenvalue weighted by Crippen LogP contribution is -2.27. The lowest BCUT2D eigenvalue weighted by Gasteiger charge is -2.21. The Morgan fingerprint density at radius 3 is 1.43 bits per heavy atom. The van der Waals surface area contributed by atoms with Gasteiger partial charge in [0.15, 0.2) is 0 Å². The minimum Gasteiger partial charge on any atom is -0.303 e. The first-order valence-electron chi connectivity index (χ1n) is 14.7. The maximum Gasteiger partial charge on any atom is 0.294 e. The number of unbranched alkanes of at least 4 members (excludes halogenated alkanes) is 12. The van der Waals surface area contributed by atoms with Crippen LogP contribution < -0.4 is 0 Å². The van der Waals surface area contributed by atoms with Gasteiger partial charge in [0.2, 0.25) is 0 Å². The van der Waals surface area contributed by atoms with E-state index in [4.69, 9.17) is 0 Å². The van der Waals surface area contributed by atoms with Crippen LogP contribution in [0, 0.1) is 0 Å². The standard InChI is InChI=1S/C18H30O3S.C12H27N/c1-2-3-4-5-6-7-8-9-10-11-14-17-15-12-13-16-18(17)22(19,20)21;1-4-7-10-13(11-8-5-2)12-9-6-3/h12-13,15-16H,2-11,14H2,1H3,(H,19,20,21);4-12H2,1-3H3. The van der Waals surface area contributed by atoms with E-state index in [1.54, 1.807) is 12.1 Å². The summed E-state index contributed by atoms with van der Waals surface area (Å²) in [5.74, 6) is 0. The van der Waals surface area contributed by atoms with Gasteiger partial charge in [0.05, 0.1) is 4.90 Å². The van der Waals surface area contributed by atoms with E-state index in [-0.39, 0.29) is 4.90 Å². The average molecular weight is 512 g/mol. The molecule has 0 radical (unpaired) electrons. The number of hydrogen-bond donors (Lipinski definition) is 1. The number of hydrogen-bond acceptors (Lipinski definition) is 3. The normalized spacial score (nSPS) is 11.5. The summed E-state index contributed by atoms with van der Waals surface area (Å²) in [6.07, 6.45) is 21.4. The molecule has 35 heavy (non-hydrogen) atoms. The third kappa shape index (κ3) is 19.9. The molecule has 5 heteroatoms. The van der Waals surface area contributed by atoms with Crippen LogP contribution in [0.25, 0.3) is 0 Å². The Bertz CT molecular complexity index is 672. The van der Waals surface area contributed by atoms with Gasteiger partial charge in [0.25, 0.3) is 10.1 Å². The largest absolute Gasteiger partial charge is 0.303 e. The summed E-state index contributed by atoms with van der Waals surface area (Å²) < 4.78 is 31.8. The molecule has 1 aromatic carbocycles. The van der Waals surface area contributed by atoms with Gasteiger partial charge in [-0.15, -0.1) is 0 Å². The van der Waals surface area contributed by atoms with Gasteiger partial charge >= 0.3 is 0 Å². The van der Waals surface area contributed by atoms with E-state index in [0.717, 1.165) is 18.4 Å². The Hall–Kier alpha value is -0.910. The summed E-state index contributed by atoms with van der Waals surface area (Å²) in [7, 11) is -4.10. The first kappa shape index (κ1) is 34.1. The van der Waals surface area contributed by atoms with Crippen molar-refractivity contribution < 1.29 is 13.0 Å². The smallest absolute Gasteiger partial charge is 0.294 e. The van der Waals surface area contributed by atoms with Gasteiger partial charge < -0.3 is 4.90 Å². The molecule has 0 saturated carbocycles. The second kappa shape index (κ2) is 23.5. The van der Waals surface area contributed by atoms with Gasteiger partial charge in [-0.25, -0.2) is 0 Å². The van der Waals surface area contributed by atoms with Crippen LogP contribution >= 0.6 is 0 Å². The Balaban J connectivity index is 0.000000761. The average Bonchev–Trinajstić information content (AvgIpc) is 2.85. The molecule has 0 aliphatic rings. The maximum atomic E-state index is 11.3. The molecule has 1 aromatic rings. The zero-order chi connectivity index (χ0) is 26.2. The summed E-state index contributed by atoms with van der Waals surface area (Å²) in [5.41, 5.74) is 0.726. The van der Waals surface area contributed by atoms with E-state index < -0.39 is 10.1 Å². The van der Waals surface area contributed by atoms with E-state index in [2.05, 4.69) is 32.6 Å². The van der Waals surface area contributed by atoms with Crippen LogP contribution in [-0.4, -0.2) is 37.5 Å². The molecule has 0 unspecified atom stereocenters. The molecule has 1 rings (SSSR count). The molecule has 0 aromatic heterocycles. The molecule has 0 heterocycles. The van der Waals surface area contributed by atoms with Crippen molar-refractivity contribution in [2.45, 2.75) is 142 Å². The first-order chi connectivity index (χ1) is 16.9. The van der Waals surface area contributed by atoms with Gasteiger partial charge in [-0.3, -0.25) is 4.55 Å². The Labute approximate surface area is 219 Å². The summed E-state index contributed by atoms with van der Waals surface area (Å²) in [6.45, 7) is 13.0. The number of benzene rings is 1. The monoisotopic (exact) mass is 511 g/mol. The summed E-state index contributed by atoms with van der Waals surface area (Å²) in [5, 5.41) is 0. The van der Waals surface area contributed by atoms with E-state index >= 15 is 0 Å². The third-order valence-electron chi connectivity index (χ3n) is 6.53. The minimum absolute atomic E-state index is 0.0610. The highest BCUT2D eigenvalue weighted by Gasteiger charge is 2.13. The highest BCUT2D eigenvalue weighted by molar-refractivity contribution is 7.85. The topological polar surface area (TPSA) is 57.6 Å². The van der Waals surface area contributed by atoms with E-state index in [9.17, 15) is 13.0 Å². The zero-order valence-corrected chi connectivity index (χ0v) is 24.4. The first-order valence-corrected chi connectivity index (χ1v) is 16.1. The van der Waals surface area contributed by atoms with E-state index in [1.165, 1.54) is 116 Å². The quantitative estimate of drug-likeness (QED) is 0.132. The second-order valence-electron chi connectivity index (χ2n) is 9.92. The summed E-state index contributed by atoms with van der Waals surface area (Å²) in [4.78, 5) is 2.70. The van der Waals surface area contributed by atoms with Crippen molar-refractivity contribution in [2.75, 3.05) is 19.6 Å². The molecule has 0 bridgehead atoms. The molecule has 0 spiro atoms. The predicted octanol–water partition coefficient (Wildman–Crippen LogP) is 9.09. The second-order valence-corrected chi connectivity index (χ2v) is 11.3. The number of rotatable bonds is 21. The molecule has 0 atom stereocenters. The number of aryl methyl sites for hydroxylation is 1. The van der Waals surface area contributed by atoms with Crippen molar-refractivity contribution >= 4 is 10.1 Å². The van der Waals surface area contributed by atoms with E-state index in [0.29, 0.717) is 6.42 Å². The van der Waals surface area contributed by atoms with Crippen molar-refractivity contribution in [3.8, 4) is 0 Å². The molecule has 0 fully saturated rings. The minimum atomic E-state index is -4.10. The van der Waals surface area contributed by atoms with Crippen LogP contribution in [0.3, 0.4) is 0 Å². The molecule has 0 aliphatic heterocycles. The van der Waals surface area contributed by atoms with Crippen LogP contribution in [0.2, 0.25) is 0 Å². The number of nitrogens with zero attached hydrogens (tertiary/aromatic N) is 1. The predicted molar refractivity (Wildman–Crippen MR) is 153 cm³/mol. The van der Waals surface area contributed by atoms with Crippen LogP contribution in [0.5, 0.6) is 0 Å². The zero-order valence-electron chi connectivity index (χ0n) is 23.6. The molecule has 1 N–H and O–H groups in total. The van der Waals surface area contributed by atoms with Crippen molar-refractivity contribution in [2.24, 2.45) is 0 Å². The fraction of sp³-hybridized carbons (Fsp3) is 0.800. The summed E-state index contributed by atoms with van der Waals surface area (Å²) in [6, 6.07) is 6.73. The fourth-order valence-corrected chi connectivity index (χ4v) is 5.00. The van der Waals surface area contributed by atoms with Crippen molar-refractivity contribution in [3.05, 3.63) is 29.8 Å². The lowest BCUT2D eigenvalue weighted by atomic mass is 10.0. The van der Waals surface area contributed by atoms with E-state index in [1.807, 2.05) is 6.07 Å². The van der Waals surface area contributed by atoms with Gasteiger partial charge in [0, 0.05) is 0 Å². The Morgan fingerprint density at radius 2 is 1.00 bits per heavy atom. The van der Waals surface area contributed by atoms with Crippen LogP contribution in [0.1, 0.15) is 136 Å². The van der Waals surface area contributed by atoms with Crippen LogP contribution in [0.15, 0.2) is 29.2 Å². The Kier molecular flexibility index (Phi) is 22.9. The van der Waals surface area contributed by atoms with Gasteiger partial charge in [-0.2, -0.15) is 8.42 Å². The van der Waals surface area contributed by atoms with Crippen LogP contribution in [-0.2, 0) is 16.5 Å². The SMILES string of the molecule is CCCCCCCCCCCCc1ccccc1S(=O)(=O)O.CCCCN(CCCC)CCCC. The lowest BCUT2D eigenvalue weighted by molar-refractivity contribution is 0.261. The van der Waals surface area contributed by atoms with Crippen molar-refractivity contribution in [1.82, 2.24) is 4.90 Å². The van der Waals surface area contributed by atoms with Crippen LogP contribution in [0.4, 0.5) is 0 Å². The maximum absolute atomic E-state index is 11.3. The molecular formula is C30H57NO3S.